The standard InChI is InChI=1S/C13H7BrClN3O/c14-9-5-11(12(15)17-7-9)13(19)18-10-3-1-2-8(4-10)6-16/h1-5,7H,(H,18,19). The molecule has 2 aromatic rings. The van der Waals surface area contributed by atoms with Crippen molar-refractivity contribution in [3.8, 4) is 6.07 Å². The lowest BCUT2D eigenvalue weighted by Gasteiger charge is -2.06. The number of carbonyl (C=O) groups excluding carboxylic acids is 1. The van der Waals surface area contributed by atoms with Crippen molar-refractivity contribution in [2.24, 2.45) is 0 Å². The molecule has 94 valence electrons. The molecule has 0 aliphatic heterocycles. The molecule has 0 spiro atoms. The van der Waals surface area contributed by atoms with Crippen molar-refractivity contribution >= 4 is 39.1 Å². The van der Waals surface area contributed by atoms with Crippen LogP contribution in [0.1, 0.15) is 15.9 Å². The minimum Gasteiger partial charge on any atom is -0.322 e. The van der Waals surface area contributed by atoms with Gasteiger partial charge in [-0.1, -0.05) is 17.7 Å². The van der Waals surface area contributed by atoms with Crippen LogP contribution in [0.2, 0.25) is 5.15 Å². The maximum atomic E-state index is 12.0. The number of benzene rings is 1. The molecule has 1 aromatic carbocycles. The van der Waals surface area contributed by atoms with Crippen LogP contribution in [0.5, 0.6) is 0 Å². The van der Waals surface area contributed by atoms with Crippen molar-refractivity contribution < 1.29 is 4.79 Å². The Hall–Kier alpha value is -1.90. The van der Waals surface area contributed by atoms with Gasteiger partial charge in [0.05, 0.1) is 17.2 Å². The molecule has 0 atom stereocenters. The van der Waals surface area contributed by atoms with Crippen LogP contribution in [-0.4, -0.2) is 10.9 Å². The van der Waals surface area contributed by atoms with Gasteiger partial charge in [0.1, 0.15) is 5.15 Å². The lowest BCUT2D eigenvalue weighted by Crippen LogP contribution is -2.13. The van der Waals surface area contributed by atoms with Crippen molar-refractivity contribution in [1.29, 1.82) is 5.26 Å². The number of anilines is 1. The van der Waals surface area contributed by atoms with Gasteiger partial charge in [0.25, 0.3) is 5.91 Å². The number of hydrogen-bond donors (Lipinski definition) is 1. The zero-order valence-corrected chi connectivity index (χ0v) is 11.9. The second kappa shape index (κ2) is 5.83. The normalized spacial score (nSPS) is 9.74. The molecule has 1 amide bonds. The molecule has 0 fully saturated rings. The summed E-state index contributed by atoms with van der Waals surface area (Å²) in [4.78, 5) is 15.9. The predicted octanol–water partition coefficient (Wildman–Crippen LogP) is 3.62. The van der Waals surface area contributed by atoms with Crippen LogP contribution in [0.15, 0.2) is 41.0 Å². The number of nitriles is 1. The molecule has 19 heavy (non-hydrogen) atoms. The summed E-state index contributed by atoms with van der Waals surface area (Å²) in [5, 5.41) is 11.6. The van der Waals surface area contributed by atoms with Crippen molar-refractivity contribution in [1.82, 2.24) is 4.98 Å². The van der Waals surface area contributed by atoms with Crippen molar-refractivity contribution in [2.45, 2.75) is 0 Å². The van der Waals surface area contributed by atoms with E-state index in [2.05, 4.69) is 26.2 Å². The maximum Gasteiger partial charge on any atom is 0.258 e. The molecule has 2 rings (SSSR count). The van der Waals surface area contributed by atoms with E-state index in [1.54, 1.807) is 30.3 Å². The second-order valence-electron chi connectivity index (χ2n) is 3.64. The number of carbonyl (C=O) groups is 1. The predicted molar refractivity (Wildman–Crippen MR) is 76.1 cm³/mol. The van der Waals surface area contributed by atoms with Gasteiger partial charge < -0.3 is 5.32 Å². The number of pyridine rings is 1. The van der Waals surface area contributed by atoms with E-state index in [0.717, 1.165) is 0 Å². The Morgan fingerprint density at radius 3 is 2.95 bits per heavy atom. The van der Waals surface area contributed by atoms with E-state index in [1.807, 2.05) is 6.07 Å². The smallest absolute Gasteiger partial charge is 0.258 e. The molecule has 1 heterocycles. The number of rotatable bonds is 2. The monoisotopic (exact) mass is 335 g/mol. The van der Waals surface area contributed by atoms with E-state index in [0.29, 0.717) is 15.7 Å². The zero-order valence-electron chi connectivity index (χ0n) is 9.52. The first-order valence-electron chi connectivity index (χ1n) is 5.22. The number of aromatic nitrogens is 1. The van der Waals surface area contributed by atoms with E-state index >= 15 is 0 Å². The van der Waals surface area contributed by atoms with Gasteiger partial charge in [-0.25, -0.2) is 4.98 Å². The molecule has 4 nitrogen and oxygen atoms in total. The number of halogens is 2. The molecule has 0 bridgehead atoms. The highest BCUT2D eigenvalue weighted by Crippen LogP contribution is 2.19. The Balaban J connectivity index is 2.26. The number of nitrogens with zero attached hydrogens (tertiary/aromatic N) is 2. The van der Waals surface area contributed by atoms with Crippen LogP contribution in [0.4, 0.5) is 5.69 Å². The van der Waals surface area contributed by atoms with Gasteiger partial charge in [-0.2, -0.15) is 5.26 Å². The van der Waals surface area contributed by atoms with E-state index in [1.165, 1.54) is 6.20 Å². The Morgan fingerprint density at radius 2 is 2.21 bits per heavy atom. The second-order valence-corrected chi connectivity index (χ2v) is 4.91. The molecule has 1 N–H and O–H groups in total. The molecule has 6 heteroatoms. The minimum atomic E-state index is -0.381. The topological polar surface area (TPSA) is 65.8 Å². The largest absolute Gasteiger partial charge is 0.322 e. The molecule has 0 saturated carbocycles. The van der Waals surface area contributed by atoms with Crippen LogP contribution in [0.3, 0.4) is 0 Å². The van der Waals surface area contributed by atoms with E-state index in [4.69, 9.17) is 16.9 Å². The highest BCUT2D eigenvalue weighted by molar-refractivity contribution is 9.10. The highest BCUT2D eigenvalue weighted by atomic mass is 79.9. The van der Waals surface area contributed by atoms with Crippen LogP contribution >= 0.6 is 27.5 Å². The first kappa shape index (κ1) is 13.5. The molecule has 0 aliphatic rings. The first-order chi connectivity index (χ1) is 9.10. The molecule has 0 aliphatic carbocycles. The van der Waals surface area contributed by atoms with Gasteiger partial charge in [-0.05, 0) is 40.2 Å². The lowest BCUT2D eigenvalue weighted by molar-refractivity contribution is 0.102. The van der Waals surface area contributed by atoms with Crippen molar-refractivity contribution in [3.05, 3.63) is 57.3 Å². The molecular formula is C13H7BrClN3O. The van der Waals surface area contributed by atoms with Gasteiger partial charge in [-0.15, -0.1) is 0 Å². The van der Waals surface area contributed by atoms with E-state index in [-0.39, 0.29) is 16.6 Å². The molecule has 0 saturated heterocycles. The van der Waals surface area contributed by atoms with Crippen LogP contribution in [0, 0.1) is 11.3 Å². The van der Waals surface area contributed by atoms with Gasteiger partial charge >= 0.3 is 0 Å². The number of hydrogen-bond acceptors (Lipinski definition) is 3. The summed E-state index contributed by atoms with van der Waals surface area (Å²) in [6.45, 7) is 0. The number of nitrogens with one attached hydrogen (secondary N) is 1. The summed E-state index contributed by atoms with van der Waals surface area (Å²) in [6, 6.07) is 10.2. The van der Waals surface area contributed by atoms with Gasteiger partial charge in [0.15, 0.2) is 0 Å². The third kappa shape index (κ3) is 3.31. The summed E-state index contributed by atoms with van der Waals surface area (Å²) in [5.74, 6) is -0.381. The van der Waals surface area contributed by atoms with E-state index in [9.17, 15) is 4.79 Å². The molecule has 0 radical (unpaired) electrons. The van der Waals surface area contributed by atoms with Gasteiger partial charge in [0, 0.05) is 16.4 Å². The number of amides is 1. The summed E-state index contributed by atoms with van der Waals surface area (Å²) in [6.07, 6.45) is 1.51. The van der Waals surface area contributed by atoms with Gasteiger partial charge in [0.2, 0.25) is 0 Å². The Labute approximate surface area is 123 Å². The fourth-order valence-corrected chi connectivity index (χ4v) is 1.97. The van der Waals surface area contributed by atoms with Gasteiger partial charge in [-0.3, -0.25) is 4.79 Å². The summed E-state index contributed by atoms with van der Waals surface area (Å²) in [7, 11) is 0. The first-order valence-corrected chi connectivity index (χ1v) is 6.40. The van der Waals surface area contributed by atoms with Crippen LogP contribution < -0.4 is 5.32 Å². The Bertz CT molecular complexity index is 682. The average molecular weight is 337 g/mol. The fourth-order valence-electron chi connectivity index (χ4n) is 1.45. The average Bonchev–Trinajstić information content (AvgIpc) is 2.41. The van der Waals surface area contributed by atoms with Crippen molar-refractivity contribution in [2.75, 3.05) is 5.32 Å². The minimum absolute atomic E-state index is 0.122. The summed E-state index contributed by atoms with van der Waals surface area (Å²) in [5.41, 5.74) is 1.26. The zero-order chi connectivity index (χ0) is 13.8. The molecule has 0 unspecified atom stereocenters. The summed E-state index contributed by atoms with van der Waals surface area (Å²) >= 11 is 9.10. The quantitative estimate of drug-likeness (QED) is 0.852. The highest BCUT2D eigenvalue weighted by Gasteiger charge is 2.12. The summed E-state index contributed by atoms with van der Waals surface area (Å²) < 4.78 is 0.660. The van der Waals surface area contributed by atoms with Crippen LogP contribution in [0.25, 0.3) is 0 Å². The van der Waals surface area contributed by atoms with Crippen molar-refractivity contribution in [3.63, 3.8) is 0 Å². The lowest BCUT2D eigenvalue weighted by atomic mass is 10.2. The SMILES string of the molecule is N#Cc1cccc(NC(=O)c2cc(Br)cnc2Cl)c1. The maximum absolute atomic E-state index is 12.0. The fraction of sp³-hybridized carbons (Fsp3) is 0. The molecular weight excluding hydrogens is 330 g/mol. The molecule has 1 aromatic heterocycles. The third-order valence-electron chi connectivity index (χ3n) is 2.30. The van der Waals surface area contributed by atoms with Crippen LogP contribution in [-0.2, 0) is 0 Å². The van der Waals surface area contributed by atoms with E-state index < -0.39 is 0 Å². The third-order valence-corrected chi connectivity index (χ3v) is 3.03. The Kier molecular flexibility index (Phi) is 4.15. The Morgan fingerprint density at radius 1 is 1.42 bits per heavy atom.